The second-order valence-electron chi connectivity index (χ2n) is 15.9. The molecule has 0 saturated heterocycles. The van der Waals surface area contributed by atoms with Gasteiger partial charge in [0.25, 0.3) is 0 Å². The van der Waals surface area contributed by atoms with Gasteiger partial charge in [0.2, 0.25) is 17.7 Å². The molecule has 0 aromatic carbocycles. The van der Waals surface area contributed by atoms with Crippen molar-refractivity contribution in [2.75, 3.05) is 66.4 Å². The molecule has 364 valence electrons. The van der Waals surface area contributed by atoms with Crippen molar-refractivity contribution in [2.24, 2.45) is 5.92 Å². The van der Waals surface area contributed by atoms with Gasteiger partial charge in [-0.25, -0.2) is 4.79 Å². The van der Waals surface area contributed by atoms with Gasteiger partial charge in [-0.2, -0.15) is 0 Å². The number of nitrogens with one attached hydrogen (secondary N) is 3. The zero-order valence-corrected chi connectivity index (χ0v) is 38.9. The van der Waals surface area contributed by atoms with Gasteiger partial charge in [-0.15, -0.1) is 0 Å². The molecule has 0 aromatic rings. The minimum absolute atomic E-state index is 0. The van der Waals surface area contributed by atoms with Crippen molar-refractivity contribution in [3.63, 3.8) is 0 Å². The van der Waals surface area contributed by atoms with E-state index in [9.17, 15) is 38.7 Å². The fourth-order valence-corrected chi connectivity index (χ4v) is 6.07. The number of rotatable bonds is 44. The first-order valence-corrected chi connectivity index (χ1v) is 23.4. The Balaban J connectivity index is -0.00000115. The first kappa shape index (κ1) is 60.6. The lowest BCUT2D eigenvalue weighted by Gasteiger charge is -2.14. The Labute approximate surface area is 373 Å². The van der Waals surface area contributed by atoms with E-state index in [1.54, 1.807) is 14.0 Å². The highest BCUT2D eigenvalue weighted by molar-refractivity contribution is 5.84. The summed E-state index contributed by atoms with van der Waals surface area (Å²) >= 11 is 0. The van der Waals surface area contributed by atoms with Crippen LogP contribution in [-0.2, 0) is 52.5 Å². The average molecular weight is 890 g/mol. The van der Waals surface area contributed by atoms with Crippen LogP contribution in [0.3, 0.4) is 0 Å². The molecule has 3 amide bonds. The van der Waals surface area contributed by atoms with Crippen LogP contribution in [0.15, 0.2) is 0 Å². The molecule has 5 N–H and O–H groups in total. The van der Waals surface area contributed by atoms with Crippen LogP contribution >= 0.6 is 0 Å². The quantitative estimate of drug-likeness (QED) is 0.0389. The zero-order valence-electron chi connectivity index (χ0n) is 38.9. The third-order valence-corrected chi connectivity index (χ3v) is 10.1. The Morgan fingerprint density at radius 1 is 0.532 bits per heavy atom. The van der Waals surface area contributed by atoms with Crippen molar-refractivity contribution in [3.8, 4) is 0 Å². The molecular formula is C46H87N3O13. The monoisotopic (exact) mass is 890 g/mol. The molecule has 0 saturated carbocycles. The molecule has 0 aliphatic rings. The Kier molecular flexibility index (Phi) is 44.5. The van der Waals surface area contributed by atoms with E-state index in [-0.39, 0.29) is 62.7 Å². The van der Waals surface area contributed by atoms with Gasteiger partial charge in [-0.1, -0.05) is 104 Å². The van der Waals surface area contributed by atoms with E-state index in [0.29, 0.717) is 65.4 Å². The minimum atomic E-state index is -1.08. The number of Topliss-reactive ketones (excluding diaryl/α,β-unsaturated/α-hetero) is 2. The summed E-state index contributed by atoms with van der Waals surface area (Å²) < 4.78 is 20.4. The van der Waals surface area contributed by atoms with Gasteiger partial charge in [0.1, 0.15) is 30.8 Å². The summed E-state index contributed by atoms with van der Waals surface area (Å²) in [4.78, 5) is 79.7. The lowest BCUT2D eigenvalue weighted by Crippen LogP contribution is -2.41. The Morgan fingerprint density at radius 3 is 1.53 bits per heavy atom. The molecule has 0 unspecified atom stereocenters. The summed E-state index contributed by atoms with van der Waals surface area (Å²) in [5.41, 5.74) is 0. The largest absolute Gasteiger partial charge is 0.481 e. The molecule has 0 aliphatic heterocycles. The van der Waals surface area contributed by atoms with E-state index in [4.69, 9.17) is 24.1 Å². The molecular weight excluding hydrogens is 803 g/mol. The van der Waals surface area contributed by atoms with E-state index in [1.807, 2.05) is 13.8 Å². The van der Waals surface area contributed by atoms with Crippen molar-refractivity contribution in [1.29, 1.82) is 0 Å². The third-order valence-electron chi connectivity index (χ3n) is 10.1. The van der Waals surface area contributed by atoms with E-state index in [1.165, 1.54) is 51.4 Å². The summed E-state index contributed by atoms with van der Waals surface area (Å²) in [5, 5.41) is 25.9. The summed E-state index contributed by atoms with van der Waals surface area (Å²) in [6.45, 7) is 8.32. The number of aliphatic carboxylic acids is 2. The number of amides is 3. The number of hydrogen-bond donors (Lipinski definition) is 5. The Hall–Kier alpha value is -3.47. The fourth-order valence-electron chi connectivity index (χ4n) is 6.07. The molecule has 16 heteroatoms. The van der Waals surface area contributed by atoms with Crippen molar-refractivity contribution < 1.29 is 64.1 Å². The number of carboxylic acid groups (broad SMARTS) is 2. The molecule has 0 fully saturated rings. The zero-order chi connectivity index (χ0) is 46.5. The van der Waals surface area contributed by atoms with Crippen molar-refractivity contribution in [3.05, 3.63) is 0 Å². The third kappa shape index (κ3) is 46.0. The molecule has 0 spiro atoms. The first-order chi connectivity index (χ1) is 29.8. The fraction of sp³-hybridized carbons (Fsp3) is 0.848. The highest BCUT2D eigenvalue weighted by Gasteiger charge is 2.20. The SMILES string of the molecule is CCCCC(=O)CC[C@H](NC(=O)CCCCCCCCCCCCCCCCC(=O)O)C(=O)O.COCCOCC(=O)NCCOCCOCC(=O)NCCCC[C@H](C)C(C)=O.[HH]. The van der Waals surface area contributed by atoms with Gasteiger partial charge in [0.15, 0.2) is 0 Å². The second kappa shape index (κ2) is 45.6. The van der Waals surface area contributed by atoms with Crippen LogP contribution in [0.1, 0.15) is 176 Å². The summed E-state index contributed by atoms with van der Waals surface area (Å²) in [6, 6.07) is -0.977. The van der Waals surface area contributed by atoms with Crippen LogP contribution < -0.4 is 16.0 Å². The van der Waals surface area contributed by atoms with Gasteiger partial charge in [-0.3, -0.25) is 28.8 Å². The molecule has 0 aromatic heterocycles. The van der Waals surface area contributed by atoms with E-state index in [0.717, 1.165) is 70.6 Å². The van der Waals surface area contributed by atoms with Gasteiger partial charge >= 0.3 is 11.9 Å². The number of hydrogen-bond acceptors (Lipinski definition) is 11. The minimum Gasteiger partial charge on any atom is -0.481 e. The molecule has 0 radical (unpaired) electrons. The maximum absolute atomic E-state index is 12.1. The molecule has 0 bridgehead atoms. The number of ether oxygens (including phenoxy) is 4. The lowest BCUT2D eigenvalue weighted by atomic mass is 10.0. The number of unbranched alkanes of at least 4 members (excludes halogenated alkanes) is 15. The lowest BCUT2D eigenvalue weighted by molar-refractivity contribution is -0.142. The van der Waals surface area contributed by atoms with Crippen LogP contribution in [0, 0.1) is 5.92 Å². The van der Waals surface area contributed by atoms with Crippen LogP contribution in [0.5, 0.6) is 0 Å². The van der Waals surface area contributed by atoms with E-state index >= 15 is 0 Å². The molecule has 16 nitrogen and oxygen atoms in total. The van der Waals surface area contributed by atoms with Gasteiger partial charge in [0, 0.05) is 53.2 Å². The number of carbonyl (C=O) groups excluding carboxylic acids is 5. The normalized spacial score (nSPS) is 11.8. The predicted octanol–water partition coefficient (Wildman–Crippen LogP) is 6.98. The first-order valence-electron chi connectivity index (χ1n) is 23.4. The molecule has 0 heterocycles. The average Bonchev–Trinajstić information content (AvgIpc) is 3.23. The number of methoxy groups -OCH3 is 1. The maximum atomic E-state index is 12.1. The Bertz CT molecular complexity index is 1180. The summed E-state index contributed by atoms with van der Waals surface area (Å²) in [5.74, 6) is -2.04. The number of carbonyl (C=O) groups is 7. The molecule has 0 rings (SSSR count). The van der Waals surface area contributed by atoms with Crippen LogP contribution in [0.2, 0.25) is 0 Å². The highest BCUT2D eigenvalue weighted by Crippen LogP contribution is 2.14. The van der Waals surface area contributed by atoms with Crippen LogP contribution in [0.25, 0.3) is 0 Å². The maximum Gasteiger partial charge on any atom is 0.326 e. The summed E-state index contributed by atoms with van der Waals surface area (Å²) in [6.07, 6.45) is 21.5. The van der Waals surface area contributed by atoms with Crippen molar-refractivity contribution in [1.82, 2.24) is 16.0 Å². The van der Waals surface area contributed by atoms with Gasteiger partial charge in [-0.05, 0) is 45.4 Å². The van der Waals surface area contributed by atoms with E-state index < -0.39 is 18.0 Å². The second-order valence-corrected chi connectivity index (χ2v) is 15.9. The van der Waals surface area contributed by atoms with Gasteiger partial charge < -0.3 is 45.1 Å². The van der Waals surface area contributed by atoms with Crippen LogP contribution in [0.4, 0.5) is 0 Å². The van der Waals surface area contributed by atoms with Crippen LogP contribution in [-0.4, -0.2) is 124 Å². The van der Waals surface area contributed by atoms with Crippen molar-refractivity contribution >= 4 is 41.2 Å². The topological polar surface area (TPSA) is 233 Å². The molecule has 2 atom stereocenters. The molecule has 62 heavy (non-hydrogen) atoms. The molecule has 0 aliphatic carbocycles. The Morgan fingerprint density at radius 2 is 1.03 bits per heavy atom. The smallest absolute Gasteiger partial charge is 0.326 e. The number of carboxylic acids is 2. The predicted molar refractivity (Wildman–Crippen MR) is 241 cm³/mol. The van der Waals surface area contributed by atoms with E-state index in [2.05, 4.69) is 16.0 Å². The van der Waals surface area contributed by atoms with Crippen molar-refractivity contribution in [2.45, 2.75) is 181 Å². The highest BCUT2D eigenvalue weighted by atomic mass is 16.5. The summed E-state index contributed by atoms with van der Waals surface area (Å²) in [7, 11) is 1.57. The number of ketones is 2. The van der Waals surface area contributed by atoms with Gasteiger partial charge in [0.05, 0.1) is 33.0 Å². The standard InChI is InChI=1S/C27H49NO6.C19H36N2O7.H2/c1-2-3-18-23(29)21-22-24(27(33)34)28-25(30)19-16-14-12-10-8-6-4-5-7-9-11-13-15-17-20-26(31)32;1-16(17(2)22)6-4-5-7-20-18(23)14-28-13-12-26-9-8-21-19(24)15-27-11-10-25-3;/h24H,2-22H2,1H3,(H,28,30)(H,31,32)(H,33,34);16H,4-15H2,1-3H3,(H,20,23)(H,21,24);1H/t24-;16-;/m00./s1.